The standard InChI is InChI=1S/C15H17ClN2O/c16-14-6-2-1-4-11(14)8-13-10-18-15(19-13)12-5-3-7-17-9-12/h1-2,4,6,10,12,17H,3,5,7-9H2/t12-/m0/s1. The molecule has 0 saturated carbocycles. The van der Waals surface area contributed by atoms with E-state index in [1.807, 2.05) is 30.5 Å². The number of halogens is 1. The summed E-state index contributed by atoms with van der Waals surface area (Å²) in [5, 5.41) is 4.16. The predicted octanol–water partition coefficient (Wildman–Crippen LogP) is 3.39. The molecule has 1 N–H and O–H groups in total. The topological polar surface area (TPSA) is 38.1 Å². The Morgan fingerprint density at radius 2 is 2.26 bits per heavy atom. The second kappa shape index (κ2) is 5.76. The maximum absolute atomic E-state index is 6.16. The molecule has 1 aromatic heterocycles. The van der Waals surface area contributed by atoms with Crippen LogP contribution in [0.1, 0.15) is 36.0 Å². The van der Waals surface area contributed by atoms with Gasteiger partial charge in [0, 0.05) is 23.9 Å². The lowest BCUT2D eigenvalue weighted by atomic mass is 10.00. The molecule has 19 heavy (non-hydrogen) atoms. The van der Waals surface area contributed by atoms with E-state index in [2.05, 4.69) is 10.3 Å². The van der Waals surface area contributed by atoms with Crippen LogP contribution in [0.15, 0.2) is 34.9 Å². The first-order valence-electron chi connectivity index (χ1n) is 6.71. The number of nitrogens with one attached hydrogen (secondary N) is 1. The lowest BCUT2D eigenvalue weighted by Crippen LogP contribution is -2.28. The predicted molar refractivity (Wildman–Crippen MR) is 75.6 cm³/mol. The highest BCUT2D eigenvalue weighted by molar-refractivity contribution is 6.31. The average molecular weight is 277 g/mol. The smallest absolute Gasteiger partial charge is 0.198 e. The first-order chi connectivity index (χ1) is 9.33. The minimum Gasteiger partial charge on any atom is -0.445 e. The Kier molecular flexibility index (Phi) is 3.85. The second-order valence-corrected chi connectivity index (χ2v) is 5.38. The molecule has 3 rings (SSSR count). The van der Waals surface area contributed by atoms with Gasteiger partial charge in [0.05, 0.1) is 6.20 Å². The number of hydrogen-bond donors (Lipinski definition) is 1. The summed E-state index contributed by atoms with van der Waals surface area (Å²) >= 11 is 6.16. The Morgan fingerprint density at radius 1 is 1.37 bits per heavy atom. The van der Waals surface area contributed by atoms with Crippen LogP contribution in [0, 0.1) is 0 Å². The molecule has 2 heterocycles. The molecule has 0 bridgehead atoms. The third-order valence-corrected chi connectivity index (χ3v) is 3.91. The summed E-state index contributed by atoms with van der Waals surface area (Å²) in [5.41, 5.74) is 1.08. The van der Waals surface area contributed by atoms with Crippen molar-refractivity contribution in [3.05, 3.63) is 52.7 Å². The minimum atomic E-state index is 0.411. The van der Waals surface area contributed by atoms with E-state index in [-0.39, 0.29) is 0 Å². The van der Waals surface area contributed by atoms with E-state index in [9.17, 15) is 0 Å². The quantitative estimate of drug-likeness (QED) is 0.934. The van der Waals surface area contributed by atoms with E-state index in [0.717, 1.165) is 41.7 Å². The lowest BCUT2D eigenvalue weighted by molar-refractivity contribution is 0.365. The first kappa shape index (κ1) is 12.7. The second-order valence-electron chi connectivity index (χ2n) is 4.98. The van der Waals surface area contributed by atoms with Gasteiger partial charge in [-0.1, -0.05) is 29.8 Å². The molecule has 0 unspecified atom stereocenters. The van der Waals surface area contributed by atoms with E-state index >= 15 is 0 Å². The average Bonchev–Trinajstić information content (AvgIpc) is 2.91. The van der Waals surface area contributed by atoms with Crippen molar-refractivity contribution in [3.63, 3.8) is 0 Å². The van der Waals surface area contributed by atoms with Gasteiger partial charge >= 0.3 is 0 Å². The van der Waals surface area contributed by atoms with E-state index in [1.165, 1.54) is 6.42 Å². The molecule has 4 heteroatoms. The largest absolute Gasteiger partial charge is 0.445 e. The molecule has 1 atom stereocenters. The van der Waals surface area contributed by atoms with Crippen molar-refractivity contribution >= 4 is 11.6 Å². The van der Waals surface area contributed by atoms with Crippen molar-refractivity contribution in [1.82, 2.24) is 10.3 Å². The summed E-state index contributed by atoms with van der Waals surface area (Å²) in [7, 11) is 0. The van der Waals surface area contributed by atoms with Crippen molar-refractivity contribution in [2.75, 3.05) is 13.1 Å². The zero-order valence-corrected chi connectivity index (χ0v) is 11.5. The highest BCUT2D eigenvalue weighted by atomic mass is 35.5. The fourth-order valence-electron chi connectivity index (χ4n) is 2.49. The van der Waals surface area contributed by atoms with E-state index in [1.54, 1.807) is 0 Å². The normalized spacial score (nSPS) is 19.5. The van der Waals surface area contributed by atoms with E-state index in [4.69, 9.17) is 16.0 Å². The molecule has 2 aromatic rings. The van der Waals surface area contributed by atoms with Crippen LogP contribution in [0.5, 0.6) is 0 Å². The number of hydrogen-bond acceptors (Lipinski definition) is 3. The van der Waals surface area contributed by atoms with Crippen LogP contribution in [-0.4, -0.2) is 18.1 Å². The van der Waals surface area contributed by atoms with Crippen LogP contribution in [0.2, 0.25) is 5.02 Å². The fraction of sp³-hybridized carbons (Fsp3) is 0.400. The Hall–Kier alpha value is -1.32. The number of rotatable bonds is 3. The number of oxazole rings is 1. The first-order valence-corrected chi connectivity index (χ1v) is 7.09. The van der Waals surface area contributed by atoms with E-state index < -0.39 is 0 Å². The molecule has 1 aromatic carbocycles. The molecule has 0 amide bonds. The number of aromatic nitrogens is 1. The molecule has 1 aliphatic heterocycles. The zero-order valence-electron chi connectivity index (χ0n) is 10.7. The van der Waals surface area contributed by atoms with Crippen LogP contribution >= 0.6 is 11.6 Å². The molecule has 1 fully saturated rings. The minimum absolute atomic E-state index is 0.411. The van der Waals surface area contributed by atoms with Gasteiger partial charge in [-0.25, -0.2) is 4.98 Å². The Morgan fingerprint density at radius 3 is 3.05 bits per heavy atom. The third kappa shape index (κ3) is 2.99. The Balaban J connectivity index is 1.73. The van der Waals surface area contributed by atoms with Crippen LogP contribution < -0.4 is 5.32 Å². The van der Waals surface area contributed by atoms with Gasteiger partial charge < -0.3 is 9.73 Å². The SMILES string of the molecule is Clc1ccccc1Cc1cnc([C@H]2CCCNC2)o1. The van der Waals surface area contributed by atoms with Crippen LogP contribution in [0.25, 0.3) is 0 Å². The molecular formula is C15H17ClN2O. The number of piperidine rings is 1. The summed E-state index contributed by atoms with van der Waals surface area (Å²) in [4.78, 5) is 4.42. The summed E-state index contributed by atoms with van der Waals surface area (Å²) in [5.74, 6) is 2.15. The third-order valence-electron chi connectivity index (χ3n) is 3.54. The molecular weight excluding hydrogens is 260 g/mol. The van der Waals surface area contributed by atoms with Gasteiger partial charge in [0.1, 0.15) is 5.76 Å². The molecule has 0 radical (unpaired) electrons. The zero-order chi connectivity index (χ0) is 13.1. The Bertz CT molecular complexity index is 547. The number of nitrogens with zero attached hydrogens (tertiary/aromatic N) is 1. The van der Waals surface area contributed by atoms with Gasteiger partial charge in [-0.2, -0.15) is 0 Å². The monoisotopic (exact) mass is 276 g/mol. The molecule has 3 nitrogen and oxygen atoms in total. The Labute approximate surface area is 118 Å². The van der Waals surface area contributed by atoms with Crippen LogP contribution in [0.4, 0.5) is 0 Å². The highest BCUT2D eigenvalue weighted by Crippen LogP contribution is 2.25. The van der Waals surface area contributed by atoms with Crippen molar-refractivity contribution in [2.45, 2.75) is 25.2 Å². The number of benzene rings is 1. The molecule has 1 aliphatic rings. The van der Waals surface area contributed by atoms with Crippen molar-refractivity contribution in [1.29, 1.82) is 0 Å². The van der Waals surface area contributed by atoms with Crippen LogP contribution in [0.3, 0.4) is 0 Å². The molecule has 0 aliphatic carbocycles. The summed E-state index contributed by atoms with van der Waals surface area (Å²) in [6.07, 6.45) is 4.87. The summed E-state index contributed by atoms with van der Waals surface area (Å²) in [6, 6.07) is 7.85. The molecule has 100 valence electrons. The highest BCUT2D eigenvalue weighted by Gasteiger charge is 2.20. The van der Waals surface area contributed by atoms with Gasteiger partial charge in [-0.05, 0) is 31.0 Å². The van der Waals surface area contributed by atoms with Gasteiger partial charge in [0.2, 0.25) is 0 Å². The van der Waals surface area contributed by atoms with Crippen molar-refractivity contribution in [3.8, 4) is 0 Å². The van der Waals surface area contributed by atoms with E-state index in [0.29, 0.717) is 12.3 Å². The van der Waals surface area contributed by atoms with Gasteiger partial charge in [-0.15, -0.1) is 0 Å². The molecule has 0 spiro atoms. The van der Waals surface area contributed by atoms with Gasteiger partial charge in [0.25, 0.3) is 0 Å². The van der Waals surface area contributed by atoms with Crippen molar-refractivity contribution in [2.24, 2.45) is 0 Å². The molecule has 1 saturated heterocycles. The van der Waals surface area contributed by atoms with Crippen LogP contribution in [-0.2, 0) is 6.42 Å². The maximum atomic E-state index is 6.16. The van der Waals surface area contributed by atoms with Crippen molar-refractivity contribution < 1.29 is 4.42 Å². The summed E-state index contributed by atoms with van der Waals surface area (Å²) in [6.45, 7) is 2.07. The maximum Gasteiger partial charge on any atom is 0.198 e. The van der Waals surface area contributed by atoms with Gasteiger partial charge in [-0.3, -0.25) is 0 Å². The summed E-state index contributed by atoms with van der Waals surface area (Å²) < 4.78 is 5.87. The van der Waals surface area contributed by atoms with Gasteiger partial charge in [0.15, 0.2) is 5.89 Å². The lowest BCUT2D eigenvalue weighted by Gasteiger charge is -2.19. The fourth-order valence-corrected chi connectivity index (χ4v) is 2.69.